The highest BCUT2D eigenvalue weighted by Crippen LogP contribution is 2.07. The third kappa shape index (κ3) is 4.67. The van der Waals surface area contributed by atoms with Crippen LogP contribution in [0.1, 0.15) is 26.8 Å². The SMILES string of the molecule is CNC(=O)c1ccc(CNC(=O)c2cn(CCN3CCNCC3)nn2)o1. The predicted octanol–water partition coefficient (Wildman–Crippen LogP) is -0.934. The van der Waals surface area contributed by atoms with E-state index < -0.39 is 0 Å². The van der Waals surface area contributed by atoms with Crippen molar-refractivity contribution in [3.8, 4) is 0 Å². The minimum Gasteiger partial charge on any atom is -0.454 e. The molecule has 1 saturated heterocycles. The summed E-state index contributed by atoms with van der Waals surface area (Å²) in [5, 5.41) is 16.4. The van der Waals surface area contributed by atoms with Crippen LogP contribution in [0, 0.1) is 0 Å². The van der Waals surface area contributed by atoms with Crippen molar-refractivity contribution in [1.82, 2.24) is 35.8 Å². The molecule has 1 fully saturated rings. The van der Waals surface area contributed by atoms with E-state index in [1.165, 1.54) is 7.05 Å². The Morgan fingerprint density at radius 1 is 1.23 bits per heavy atom. The molecule has 0 atom stereocenters. The molecule has 0 bridgehead atoms. The molecular formula is C16H23N7O3. The zero-order valence-corrected chi connectivity index (χ0v) is 14.7. The molecule has 3 heterocycles. The third-order valence-corrected chi connectivity index (χ3v) is 4.16. The molecule has 2 aromatic heterocycles. The summed E-state index contributed by atoms with van der Waals surface area (Å²) in [6.45, 7) is 5.77. The average molecular weight is 361 g/mol. The van der Waals surface area contributed by atoms with Crippen LogP contribution in [0.4, 0.5) is 0 Å². The first-order valence-electron chi connectivity index (χ1n) is 8.58. The average Bonchev–Trinajstić information content (AvgIpc) is 3.34. The monoisotopic (exact) mass is 361 g/mol. The molecule has 26 heavy (non-hydrogen) atoms. The van der Waals surface area contributed by atoms with Crippen LogP contribution in [0.25, 0.3) is 0 Å². The molecule has 0 unspecified atom stereocenters. The van der Waals surface area contributed by atoms with Crippen molar-refractivity contribution in [2.24, 2.45) is 0 Å². The van der Waals surface area contributed by atoms with E-state index in [9.17, 15) is 9.59 Å². The maximum atomic E-state index is 12.2. The first kappa shape index (κ1) is 18.1. The van der Waals surface area contributed by atoms with E-state index in [0.29, 0.717) is 12.3 Å². The second kappa shape index (κ2) is 8.59. The smallest absolute Gasteiger partial charge is 0.286 e. The van der Waals surface area contributed by atoms with Crippen LogP contribution in [0.3, 0.4) is 0 Å². The molecule has 1 aliphatic rings. The number of piperazine rings is 1. The van der Waals surface area contributed by atoms with E-state index in [0.717, 1.165) is 32.7 Å². The molecule has 0 aromatic carbocycles. The fourth-order valence-electron chi connectivity index (χ4n) is 2.67. The number of rotatable bonds is 7. The molecule has 3 N–H and O–H groups in total. The number of furan rings is 1. The van der Waals surface area contributed by atoms with Gasteiger partial charge in [0, 0.05) is 39.8 Å². The van der Waals surface area contributed by atoms with E-state index in [2.05, 4.69) is 31.2 Å². The number of amides is 2. The van der Waals surface area contributed by atoms with Crippen LogP contribution >= 0.6 is 0 Å². The maximum absolute atomic E-state index is 12.2. The Labute approximate surface area is 150 Å². The first-order chi connectivity index (χ1) is 12.7. The largest absolute Gasteiger partial charge is 0.454 e. The van der Waals surface area contributed by atoms with Crippen molar-refractivity contribution in [3.05, 3.63) is 35.5 Å². The van der Waals surface area contributed by atoms with E-state index in [1.54, 1.807) is 23.0 Å². The van der Waals surface area contributed by atoms with Gasteiger partial charge >= 0.3 is 0 Å². The Bertz CT molecular complexity index is 749. The van der Waals surface area contributed by atoms with Gasteiger partial charge in [-0.25, -0.2) is 0 Å². The topological polar surface area (TPSA) is 117 Å². The van der Waals surface area contributed by atoms with E-state index in [1.807, 2.05) is 0 Å². The van der Waals surface area contributed by atoms with E-state index in [4.69, 9.17) is 4.42 Å². The van der Waals surface area contributed by atoms with Crippen LogP contribution in [0.15, 0.2) is 22.7 Å². The Hall–Kier alpha value is -2.72. The number of hydrogen-bond acceptors (Lipinski definition) is 7. The van der Waals surface area contributed by atoms with Gasteiger partial charge in [-0.1, -0.05) is 5.21 Å². The minimum absolute atomic E-state index is 0.170. The van der Waals surface area contributed by atoms with Gasteiger partial charge in [-0.15, -0.1) is 5.10 Å². The first-order valence-corrected chi connectivity index (χ1v) is 8.58. The molecule has 10 heteroatoms. The maximum Gasteiger partial charge on any atom is 0.286 e. The summed E-state index contributed by atoms with van der Waals surface area (Å²) in [7, 11) is 1.53. The van der Waals surface area contributed by atoms with Gasteiger partial charge in [-0.3, -0.25) is 19.2 Å². The lowest BCUT2D eigenvalue weighted by atomic mass is 10.3. The number of carbonyl (C=O) groups is 2. The summed E-state index contributed by atoms with van der Waals surface area (Å²) in [6, 6.07) is 3.21. The minimum atomic E-state index is -0.337. The van der Waals surface area contributed by atoms with Crippen molar-refractivity contribution in [1.29, 1.82) is 0 Å². The van der Waals surface area contributed by atoms with Crippen molar-refractivity contribution in [2.45, 2.75) is 13.1 Å². The lowest BCUT2D eigenvalue weighted by Crippen LogP contribution is -2.44. The number of carbonyl (C=O) groups excluding carboxylic acids is 2. The third-order valence-electron chi connectivity index (χ3n) is 4.16. The molecule has 0 aliphatic carbocycles. The van der Waals surface area contributed by atoms with Gasteiger partial charge in [-0.2, -0.15) is 0 Å². The highest BCUT2D eigenvalue weighted by Gasteiger charge is 2.14. The zero-order chi connectivity index (χ0) is 18.4. The Kier molecular flexibility index (Phi) is 5.97. The Balaban J connectivity index is 1.46. The van der Waals surface area contributed by atoms with Gasteiger partial charge in [0.25, 0.3) is 11.8 Å². The molecule has 0 radical (unpaired) electrons. The summed E-state index contributed by atoms with van der Waals surface area (Å²) in [6.07, 6.45) is 1.63. The van der Waals surface area contributed by atoms with Crippen molar-refractivity contribution in [3.63, 3.8) is 0 Å². The summed E-state index contributed by atoms with van der Waals surface area (Å²) >= 11 is 0. The summed E-state index contributed by atoms with van der Waals surface area (Å²) < 4.78 is 7.03. The van der Waals surface area contributed by atoms with E-state index in [-0.39, 0.29) is 29.8 Å². The Morgan fingerprint density at radius 3 is 2.81 bits per heavy atom. The lowest BCUT2D eigenvalue weighted by Gasteiger charge is -2.26. The highest BCUT2D eigenvalue weighted by molar-refractivity contribution is 5.92. The van der Waals surface area contributed by atoms with E-state index >= 15 is 0 Å². The van der Waals surface area contributed by atoms with Crippen LogP contribution < -0.4 is 16.0 Å². The summed E-state index contributed by atoms with van der Waals surface area (Å²) in [5.74, 6) is 0.0463. The fourth-order valence-corrected chi connectivity index (χ4v) is 2.67. The van der Waals surface area contributed by atoms with Crippen molar-refractivity contribution in [2.75, 3.05) is 39.8 Å². The van der Waals surface area contributed by atoms with Crippen molar-refractivity contribution >= 4 is 11.8 Å². The Morgan fingerprint density at radius 2 is 2.04 bits per heavy atom. The quantitative estimate of drug-likeness (QED) is 0.583. The molecule has 2 amide bonds. The molecule has 140 valence electrons. The summed E-state index contributed by atoms with van der Waals surface area (Å²) in [4.78, 5) is 26.0. The summed E-state index contributed by atoms with van der Waals surface area (Å²) in [5.41, 5.74) is 0.253. The van der Waals surface area contributed by atoms with Gasteiger partial charge in [0.05, 0.1) is 19.3 Å². The molecule has 0 spiro atoms. The van der Waals surface area contributed by atoms with Gasteiger partial charge in [0.15, 0.2) is 11.5 Å². The number of aromatic nitrogens is 3. The normalized spacial score (nSPS) is 15.0. The number of hydrogen-bond donors (Lipinski definition) is 3. The van der Waals surface area contributed by atoms with Crippen LogP contribution in [-0.2, 0) is 13.1 Å². The van der Waals surface area contributed by atoms with Crippen LogP contribution in [-0.4, -0.2) is 71.5 Å². The van der Waals surface area contributed by atoms with Crippen LogP contribution in [0.5, 0.6) is 0 Å². The molecular weight excluding hydrogens is 338 g/mol. The van der Waals surface area contributed by atoms with Crippen LogP contribution in [0.2, 0.25) is 0 Å². The number of nitrogens with zero attached hydrogens (tertiary/aromatic N) is 4. The van der Waals surface area contributed by atoms with Crippen molar-refractivity contribution < 1.29 is 14.0 Å². The fraction of sp³-hybridized carbons (Fsp3) is 0.500. The lowest BCUT2D eigenvalue weighted by molar-refractivity contribution is 0.0933. The van der Waals surface area contributed by atoms with Gasteiger partial charge < -0.3 is 20.4 Å². The van der Waals surface area contributed by atoms with Gasteiger partial charge in [0.2, 0.25) is 0 Å². The highest BCUT2D eigenvalue weighted by atomic mass is 16.4. The molecule has 3 rings (SSSR count). The zero-order valence-electron chi connectivity index (χ0n) is 14.7. The van der Waals surface area contributed by atoms with Gasteiger partial charge in [0.1, 0.15) is 5.76 Å². The molecule has 1 aliphatic heterocycles. The molecule has 0 saturated carbocycles. The standard InChI is InChI=1S/C16H23N7O3/c1-17-16(25)14-3-2-12(26-14)10-19-15(24)13-11-23(21-20-13)9-8-22-6-4-18-5-7-22/h2-3,11,18H,4-10H2,1H3,(H,17,25)(H,19,24). The number of nitrogens with one attached hydrogen (secondary N) is 3. The predicted molar refractivity (Wildman–Crippen MR) is 92.6 cm³/mol. The molecule has 2 aromatic rings. The second-order valence-electron chi connectivity index (χ2n) is 5.99. The molecule has 10 nitrogen and oxygen atoms in total. The second-order valence-corrected chi connectivity index (χ2v) is 5.99. The van der Waals surface area contributed by atoms with Gasteiger partial charge in [-0.05, 0) is 12.1 Å².